The third kappa shape index (κ3) is 3.20. The summed E-state index contributed by atoms with van der Waals surface area (Å²) in [4.78, 5) is 27.2. The molecule has 0 radical (unpaired) electrons. The Kier molecular flexibility index (Phi) is 4.21. The van der Waals surface area contributed by atoms with Crippen molar-refractivity contribution in [3.63, 3.8) is 0 Å². The molecule has 2 aromatic heterocycles. The number of thiazole rings is 1. The quantitative estimate of drug-likeness (QED) is 0.398. The monoisotopic (exact) mass is 383 g/mol. The van der Waals surface area contributed by atoms with Gasteiger partial charge in [0.1, 0.15) is 0 Å². The summed E-state index contributed by atoms with van der Waals surface area (Å²) in [7, 11) is 0. The van der Waals surface area contributed by atoms with Crippen LogP contribution in [0.4, 0.5) is 10.8 Å². The molecule has 27 heavy (non-hydrogen) atoms. The van der Waals surface area contributed by atoms with E-state index in [2.05, 4.69) is 10.3 Å². The van der Waals surface area contributed by atoms with E-state index in [1.165, 1.54) is 12.1 Å². The predicted octanol–water partition coefficient (Wildman–Crippen LogP) is 4.60. The summed E-state index contributed by atoms with van der Waals surface area (Å²) < 4.78 is 11.8. The Morgan fingerprint density at radius 2 is 2.19 bits per heavy atom. The number of furan rings is 1. The van der Waals surface area contributed by atoms with Crippen molar-refractivity contribution in [1.82, 2.24) is 4.98 Å². The summed E-state index contributed by atoms with van der Waals surface area (Å²) in [5.41, 5.74) is 1.05. The largest absolute Gasteiger partial charge is 0.490 e. The molecule has 136 valence electrons. The van der Waals surface area contributed by atoms with Crippen molar-refractivity contribution >= 4 is 49.2 Å². The van der Waals surface area contributed by atoms with Gasteiger partial charge in [0.15, 0.2) is 22.2 Å². The van der Waals surface area contributed by atoms with E-state index in [9.17, 15) is 14.9 Å². The van der Waals surface area contributed by atoms with Gasteiger partial charge in [-0.1, -0.05) is 23.5 Å². The van der Waals surface area contributed by atoms with Gasteiger partial charge >= 0.3 is 0 Å². The van der Waals surface area contributed by atoms with Gasteiger partial charge in [-0.2, -0.15) is 0 Å². The number of nitrogens with one attached hydrogen (secondary N) is 1. The molecule has 0 saturated carbocycles. The molecular weight excluding hydrogens is 370 g/mol. The number of aromatic nitrogens is 1. The van der Waals surface area contributed by atoms with Crippen LogP contribution in [0.3, 0.4) is 0 Å². The molecule has 0 saturated heterocycles. The number of hydrogen-bond donors (Lipinski definition) is 1. The van der Waals surface area contributed by atoms with Crippen molar-refractivity contribution in [2.24, 2.45) is 0 Å². The van der Waals surface area contributed by atoms with Crippen LogP contribution in [0.1, 0.15) is 17.5 Å². The Morgan fingerprint density at radius 1 is 1.33 bits per heavy atom. The lowest BCUT2D eigenvalue weighted by Gasteiger charge is -2.02. The Balaban J connectivity index is 1.62. The average molecular weight is 383 g/mol. The van der Waals surface area contributed by atoms with Gasteiger partial charge in [-0.25, -0.2) is 4.98 Å². The van der Waals surface area contributed by atoms with E-state index in [1.807, 2.05) is 19.1 Å². The summed E-state index contributed by atoms with van der Waals surface area (Å²) in [5.74, 6) is 0.242. The van der Waals surface area contributed by atoms with Crippen LogP contribution >= 0.6 is 11.3 Å². The number of rotatable bonds is 5. The van der Waals surface area contributed by atoms with Crippen molar-refractivity contribution < 1.29 is 18.9 Å². The fraction of sp³-hybridized carbons (Fsp3) is 0.111. The van der Waals surface area contributed by atoms with Crippen molar-refractivity contribution in [2.75, 3.05) is 11.9 Å². The van der Waals surface area contributed by atoms with E-state index in [1.54, 1.807) is 18.2 Å². The number of non-ortho nitro benzene ring substituents is 1. The molecule has 2 heterocycles. The number of para-hydroxylation sites is 1. The number of benzene rings is 2. The van der Waals surface area contributed by atoms with E-state index >= 15 is 0 Å². The molecule has 0 aliphatic heterocycles. The Morgan fingerprint density at radius 3 is 2.96 bits per heavy atom. The zero-order valence-corrected chi connectivity index (χ0v) is 14.9. The minimum atomic E-state index is -0.470. The van der Waals surface area contributed by atoms with Crippen LogP contribution in [0, 0.1) is 10.1 Å². The number of nitro groups is 1. The van der Waals surface area contributed by atoms with Crippen LogP contribution in [0.25, 0.3) is 21.2 Å². The maximum atomic E-state index is 12.5. The number of hydrogen-bond acceptors (Lipinski definition) is 7. The first kappa shape index (κ1) is 17.0. The summed E-state index contributed by atoms with van der Waals surface area (Å²) in [5, 5.41) is 14.6. The number of anilines is 1. The molecule has 0 aliphatic rings. The van der Waals surface area contributed by atoms with Gasteiger partial charge in [0.2, 0.25) is 0 Å². The van der Waals surface area contributed by atoms with Gasteiger partial charge in [-0.15, -0.1) is 0 Å². The van der Waals surface area contributed by atoms with Gasteiger partial charge < -0.3 is 9.15 Å². The molecule has 0 aliphatic carbocycles. The van der Waals surface area contributed by atoms with Crippen LogP contribution < -0.4 is 10.1 Å². The highest BCUT2D eigenvalue weighted by molar-refractivity contribution is 7.22. The zero-order valence-electron chi connectivity index (χ0n) is 14.1. The molecule has 1 amide bonds. The van der Waals surface area contributed by atoms with Gasteiger partial charge in [-0.05, 0) is 25.1 Å². The summed E-state index contributed by atoms with van der Waals surface area (Å²) in [6.45, 7) is 2.35. The van der Waals surface area contributed by atoms with Crippen LogP contribution in [0.2, 0.25) is 0 Å². The first-order valence-electron chi connectivity index (χ1n) is 8.07. The molecule has 9 heteroatoms. The number of ether oxygens (including phenoxy) is 1. The van der Waals surface area contributed by atoms with Crippen LogP contribution in [-0.2, 0) is 0 Å². The lowest BCUT2D eigenvalue weighted by atomic mass is 10.2. The molecule has 0 fully saturated rings. The molecule has 0 atom stereocenters. The van der Waals surface area contributed by atoms with E-state index in [-0.39, 0.29) is 11.4 Å². The third-order valence-electron chi connectivity index (χ3n) is 3.83. The average Bonchev–Trinajstić information content (AvgIpc) is 3.25. The van der Waals surface area contributed by atoms with Crippen molar-refractivity contribution in [3.8, 4) is 5.75 Å². The maximum absolute atomic E-state index is 12.5. The highest BCUT2D eigenvalue weighted by Gasteiger charge is 2.17. The van der Waals surface area contributed by atoms with Crippen molar-refractivity contribution in [2.45, 2.75) is 6.92 Å². The molecule has 0 bridgehead atoms. The van der Waals surface area contributed by atoms with E-state index < -0.39 is 10.8 Å². The fourth-order valence-corrected chi connectivity index (χ4v) is 3.55. The second kappa shape index (κ2) is 6.69. The molecule has 1 N–H and O–H groups in total. The Hall–Kier alpha value is -3.46. The number of amides is 1. The number of nitro benzene ring substituents is 1. The normalized spacial score (nSPS) is 11.0. The first-order chi connectivity index (χ1) is 13.0. The molecule has 0 unspecified atom stereocenters. The van der Waals surface area contributed by atoms with Crippen LogP contribution in [0.15, 0.2) is 46.9 Å². The Bertz CT molecular complexity index is 1180. The predicted molar refractivity (Wildman–Crippen MR) is 102 cm³/mol. The van der Waals surface area contributed by atoms with E-state index in [4.69, 9.17) is 9.15 Å². The van der Waals surface area contributed by atoms with Gasteiger partial charge in [-0.3, -0.25) is 20.2 Å². The number of nitrogens with zero attached hydrogens (tertiary/aromatic N) is 2. The minimum absolute atomic E-state index is 0.0234. The van der Waals surface area contributed by atoms with E-state index in [0.29, 0.717) is 33.3 Å². The summed E-state index contributed by atoms with van der Waals surface area (Å²) in [6.07, 6.45) is 0. The third-order valence-corrected chi connectivity index (χ3v) is 4.77. The van der Waals surface area contributed by atoms with Crippen LogP contribution in [-0.4, -0.2) is 22.4 Å². The van der Waals surface area contributed by atoms with Gasteiger partial charge in [0.25, 0.3) is 11.6 Å². The molecular formula is C18H13N3O5S. The van der Waals surface area contributed by atoms with Crippen molar-refractivity contribution in [3.05, 3.63) is 58.3 Å². The second-order valence-corrected chi connectivity index (χ2v) is 6.63. The smallest absolute Gasteiger partial charge is 0.293 e. The lowest BCUT2D eigenvalue weighted by molar-refractivity contribution is -0.384. The second-order valence-electron chi connectivity index (χ2n) is 5.60. The molecule has 4 aromatic rings. The number of carbonyl (C=O) groups is 1. The molecule has 8 nitrogen and oxygen atoms in total. The van der Waals surface area contributed by atoms with Gasteiger partial charge in [0, 0.05) is 17.5 Å². The lowest BCUT2D eigenvalue weighted by Crippen LogP contribution is -2.10. The van der Waals surface area contributed by atoms with Gasteiger partial charge in [0.05, 0.1) is 21.7 Å². The fourth-order valence-electron chi connectivity index (χ4n) is 2.66. The number of fused-ring (bicyclic) bond motifs is 2. The zero-order chi connectivity index (χ0) is 19.0. The molecule has 2 aromatic carbocycles. The SMILES string of the molecule is CCOc1cccc2cc(C(=O)Nc3nc4ccc([N+](=O)[O-])cc4s3)oc12. The number of carbonyl (C=O) groups excluding carboxylic acids is 1. The standard InChI is InChI=1S/C18H13N3O5S/c1-2-25-13-5-3-4-10-8-14(26-16(10)13)17(22)20-18-19-12-7-6-11(21(23)24)9-15(12)27-18/h3-9H,2H2,1H3,(H,19,20,22). The highest BCUT2D eigenvalue weighted by Crippen LogP contribution is 2.31. The topological polar surface area (TPSA) is 108 Å². The Labute approximate surface area is 156 Å². The summed E-state index contributed by atoms with van der Waals surface area (Å²) in [6, 6.07) is 11.4. The maximum Gasteiger partial charge on any atom is 0.293 e. The highest BCUT2D eigenvalue weighted by atomic mass is 32.1. The minimum Gasteiger partial charge on any atom is -0.490 e. The van der Waals surface area contributed by atoms with Crippen molar-refractivity contribution in [1.29, 1.82) is 0 Å². The first-order valence-corrected chi connectivity index (χ1v) is 8.88. The van der Waals surface area contributed by atoms with E-state index in [0.717, 1.165) is 16.7 Å². The molecule has 4 rings (SSSR count). The summed E-state index contributed by atoms with van der Waals surface area (Å²) >= 11 is 1.16. The molecule has 0 spiro atoms. The van der Waals surface area contributed by atoms with Crippen LogP contribution in [0.5, 0.6) is 5.75 Å².